The summed E-state index contributed by atoms with van der Waals surface area (Å²) < 4.78 is 1.87. The van der Waals surface area contributed by atoms with Crippen LogP contribution in [-0.4, -0.2) is 68.4 Å². The lowest BCUT2D eigenvalue weighted by atomic mass is 10.1. The van der Waals surface area contributed by atoms with Crippen LogP contribution in [0.3, 0.4) is 0 Å². The largest absolute Gasteiger partial charge is 0.368 e. The van der Waals surface area contributed by atoms with Crippen molar-refractivity contribution < 1.29 is 4.79 Å². The summed E-state index contributed by atoms with van der Waals surface area (Å²) in [6.45, 7) is 8.03. The minimum Gasteiger partial charge on any atom is -0.368 e. The SMILES string of the molecule is CCc1nc(C)cn2nc(C3=C\C(=O)N4C=C(N5CCN(C)CC5)C=C\C4=C/C=C/3)cc12. The summed E-state index contributed by atoms with van der Waals surface area (Å²) in [5, 5.41) is 4.74. The second kappa shape index (κ2) is 8.24. The third-order valence-electron chi connectivity index (χ3n) is 6.17. The smallest absolute Gasteiger partial charge is 0.255 e. The second-order valence-electron chi connectivity index (χ2n) is 8.48. The first-order valence-electron chi connectivity index (χ1n) is 11.1. The normalized spacial score (nSPS) is 23.7. The van der Waals surface area contributed by atoms with Crippen molar-refractivity contribution in [2.45, 2.75) is 20.3 Å². The number of amides is 1. The number of hydrogen-bond acceptors (Lipinski definition) is 5. The number of aromatic nitrogens is 3. The van der Waals surface area contributed by atoms with Crippen LogP contribution in [0, 0.1) is 6.92 Å². The molecule has 164 valence electrons. The highest BCUT2D eigenvalue weighted by molar-refractivity contribution is 5.99. The predicted octanol–water partition coefficient (Wildman–Crippen LogP) is 2.92. The van der Waals surface area contributed by atoms with Gasteiger partial charge in [0.25, 0.3) is 5.91 Å². The van der Waals surface area contributed by atoms with E-state index in [9.17, 15) is 4.79 Å². The first-order chi connectivity index (χ1) is 15.5. The van der Waals surface area contributed by atoms with Gasteiger partial charge in [-0.25, -0.2) is 4.52 Å². The van der Waals surface area contributed by atoms with Crippen molar-refractivity contribution in [3.05, 3.63) is 83.4 Å². The van der Waals surface area contributed by atoms with Gasteiger partial charge in [0, 0.05) is 49.7 Å². The van der Waals surface area contributed by atoms with Gasteiger partial charge in [0.2, 0.25) is 0 Å². The number of likely N-dealkylation sites (N-methyl/N-ethyl adjacent to an activating group) is 1. The molecular weight excluding hydrogens is 400 g/mol. The number of rotatable bonds is 3. The highest BCUT2D eigenvalue weighted by Gasteiger charge is 2.23. The third-order valence-corrected chi connectivity index (χ3v) is 6.17. The lowest BCUT2D eigenvalue weighted by Crippen LogP contribution is -2.44. The van der Waals surface area contributed by atoms with E-state index in [-0.39, 0.29) is 5.91 Å². The summed E-state index contributed by atoms with van der Waals surface area (Å²) in [7, 11) is 2.14. The fourth-order valence-corrected chi connectivity index (χ4v) is 4.33. The molecule has 3 aliphatic rings. The molecule has 0 bridgehead atoms. The average Bonchev–Trinajstić information content (AvgIpc) is 3.21. The van der Waals surface area contributed by atoms with Crippen molar-refractivity contribution in [3.63, 3.8) is 0 Å². The molecule has 1 saturated heterocycles. The summed E-state index contributed by atoms with van der Waals surface area (Å²) in [4.78, 5) is 24.3. The van der Waals surface area contributed by atoms with E-state index in [0.29, 0.717) is 0 Å². The van der Waals surface area contributed by atoms with Gasteiger partial charge < -0.3 is 9.80 Å². The van der Waals surface area contributed by atoms with Gasteiger partial charge in [-0.15, -0.1) is 0 Å². The molecule has 7 heteroatoms. The molecule has 7 nitrogen and oxygen atoms in total. The second-order valence-corrected chi connectivity index (χ2v) is 8.48. The highest BCUT2D eigenvalue weighted by Crippen LogP contribution is 2.26. The van der Waals surface area contributed by atoms with Gasteiger partial charge in [0.15, 0.2) is 0 Å². The number of aryl methyl sites for hydroxylation is 2. The molecule has 0 atom stereocenters. The molecule has 0 aromatic carbocycles. The Bertz CT molecular complexity index is 1220. The van der Waals surface area contributed by atoms with Crippen molar-refractivity contribution in [1.82, 2.24) is 29.3 Å². The molecule has 1 fully saturated rings. The summed E-state index contributed by atoms with van der Waals surface area (Å²) in [5.74, 6) is -0.0753. The maximum atomic E-state index is 13.3. The molecule has 32 heavy (non-hydrogen) atoms. The van der Waals surface area contributed by atoms with Crippen LogP contribution >= 0.6 is 0 Å². The average molecular weight is 429 g/mol. The molecule has 5 rings (SSSR count). The summed E-state index contributed by atoms with van der Waals surface area (Å²) in [5.41, 5.74) is 6.41. The zero-order chi connectivity index (χ0) is 22.2. The van der Waals surface area contributed by atoms with Gasteiger partial charge in [-0.1, -0.05) is 19.1 Å². The maximum absolute atomic E-state index is 13.3. The first-order valence-corrected chi connectivity index (χ1v) is 11.1. The third kappa shape index (κ3) is 3.80. The minimum absolute atomic E-state index is 0.0753. The number of hydrogen-bond donors (Lipinski definition) is 0. The fourth-order valence-electron chi connectivity index (χ4n) is 4.33. The van der Waals surface area contributed by atoms with Crippen molar-refractivity contribution >= 4 is 17.0 Å². The van der Waals surface area contributed by atoms with Crippen LogP contribution in [0.1, 0.15) is 24.0 Å². The summed E-state index contributed by atoms with van der Waals surface area (Å²) in [6.07, 6.45) is 16.4. The van der Waals surface area contributed by atoms with E-state index < -0.39 is 0 Å². The molecule has 0 aliphatic carbocycles. The van der Waals surface area contributed by atoms with Gasteiger partial charge in [-0.2, -0.15) is 5.10 Å². The number of carbonyl (C=O) groups is 1. The number of piperazine rings is 1. The van der Waals surface area contributed by atoms with Crippen LogP contribution in [0.2, 0.25) is 0 Å². The monoisotopic (exact) mass is 428 g/mol. The Morgan fingerprint density at radius 2 is 1.84 bits per heavy atom. The van der Waals surface area contributed by atoms with Crippen LogP contribution in [0.4, 0.5) is 0 Å². The standard InChI is InChI=1S/C25H28N6O/c1-4-22-24-15-23(27-31(24)16-18(2)26-22)19-6-5-7-20-8-9-21(17-30(20)25(32)14-19)29-12-10-28(3)11-13-29/h5-9,14-17H,4,10-13H2,1-3H3/b6-5+,19-14+,20-7+. The lowest BCUT2D eigenvalue weighted by molar-refractivity contribution is -0.122. The zero-order valence-electron chi connectivity index (χ0n) is 18.8. The Morgan fingerprint density at radius 1 is 1.06 bits per heavy atom. The number of allylic oxidation sites excluding steroid dienone is 6. The zero-order valence-corrected chi connectivity index (χ0v) is 18.8. The summed E-state index contributed by atoms with van der Waals surface area (Å²) in [6, 6.07) is 2.02. The van der Waals surface area contributed by atoms with Gasteiger partial charge in [-0.3, -0.25) is 14.7 Å². The van der Waals surface area contributed by atoms with Crippen molar-refractivity contribution in [1.29, 1.82) is 0 Å². The van der Waals surface area contributed by atoms with E-state index in [1.165, 1.54) is 0 Å². The van der Waals surface area contributed by atoms with Crippen LogP contribution in [-0.2, 0) is 11.2 Å². The Balaban J connectivity index is 1.48. The maximum Gasteiger partial charge on any atom is 0.255 e. The predicted molar refractivity (Wildman–Crippen MR) is 125 cm³/mol. The molecule has 5 heterocycles. The topological polar surface area (TPSA) is 57.0 Å². The van der Waals surface area contributed by atoms with Gasteiger partial charge in [0.1, 0.15) is 0 Å². The number of nitrogens with zero attached hydrogens (tertiary/aromatic N) is 6. The van der Waals surface area contributed by atoms with Crippen molar-refractivity contribution in [2.24, 2.45) is 0 Å². The van der Waals surface area contributed by atoms with Crippen molar-refractivity contribution in [2.75, 3.05) is 33.2 Å². The molecule has 0 radical (unpaired) electrons. The number of fused-ring (bicyclic) bond motifs is 2. The molecule has 0 saturated carbocycles. The van der Waals surface area contributed by atoms with Crippen LogP contribution in [0.15, 0.2) is 66.3 Å². The van der Waals surface area contributed by atoms with Crippen LogP contribution in [0.5, 0.6) is 0 Å². The Kier molecular flexibility index (Phi) is 5.27. The molecule has 0 N–H and O–H groups in total. The van der Waals surface area contributed by atoms with Crippen LogP contribution < -0.4 is 0 Å². The molecule has 0 unspecified atom stereocenters. The molecular formula is C25H28N6O. The molecule has 0 spiro atoms. The molecule has 1 amide bonds. The highest BCUT2D eigenvalue weighted by atomic mass is 16.2. The van der Waals surface area contributed by atoms with Gasteiger partial charge in [0.05, 0.1) is 34.5 Å². The molecule has 3 aliphatic heterocycles. The Morgan fingerprint density at radius 3 is 2.62 bits per heavy atom. The summed E-state index contributed by atoms with van der Waals surface area (Å²) >= 11 is 0. The van der Waals surface area contributed by atoms with E-state index in [1.54, 1.807) is 11.0 Å². The number of carbonyl (C=O) groups excluding carboxylic acids is 1. The Labute approximate surface area is 188 Å². The van der Waals surface area contributed by atoms with E-state index in [2.05, 4.69) is 34.8 Å². The van der Waals surface area contributed by atoms with Gasteiger partial charge in [-0.05, 0) is 44.7 Å². The molecule has 2 aromatic heterocycles. The van der Waals surface area contributed by atoms with E-state index >= 15 is 0 Å². The Hall–Kier alpha value is -3.45. The van der Waals surface area contributed by atoms with Gasteiger partial charge >= 0.3 is 0 Å². The fraction of sp³-hybridized carbons (Fsp3) is 0.320. The van der Waals surface area contributed by atoms with E-state index in [4.69, 9.17) is 5.10 Å². The minimum atomic E-state index is -0.0753. The lowest BCUT2D eigenvalue weighted by Gasteiger charge is -2.36. The van der Waals surface area contributed by atoms with E-state index in [0.717, 1.165) is 72.2 Å². The van der Waals surface area contributed by atoms with E-state index in [1.807, 2.05) is 54.2 Å². The quantitative estimate of drug-likeness (QED) is 0.753. The van der Waals surface area contributed by atoms with Crippen molar-refractivity contribution in [3.8, 4) is 0 Å². The van der Waals surface area contributed by atoms with Crippen LogP contribution in [0.25, 0.3) is 11.1 Å². The molecule has 2 aromatic rings. The first kappa shape index (κ1) is 20.5.